The van der Waals surface area contributed by atoms with Crippen LogP contribution in [0.15, 0.2) is 24.3 Å². The summed E-state index contributed by atoms with van der Waals surface area (Å²) in [6.45, 7) is 5.83. The van der Waals surface area contributed by atoms with Crippen LogP contribution in [0.4, 0.5) is 0 Å². The average molecular weight is 398 g/mol. The molecule has 3 N–H and O–H groups in total. The summed E-state index contributed by atoms with van der Waals surface area (Å²) in [5.41, 5.74) is 6.64. The molecule has 0 bridgehead atoms. The summed E-state index contributed by atoms with van der Waals surface area (Å²) in [4.78, 5) is 26.1. The fourth-order valence-electron chi connectivity index (χ4n) is 3.17. The number of amides is 2. The normalized spacial score (nSPS) is 16.6. The number of rotatable bonds is 8. The number of likely N-dealkylation sites (tertiary alicyclic amines) is 1. The molecule has 0 saturated carbocycles. The highest BCUT2D eigenvalue weighted by Crippen LogP contribution is 2.20. The molecule has 1 unspecified atom stereocenters. The Morgan fingerprint density at radius 3 is 2.59 bits per heavy atom. The van der Waals surface area contributed by atoms with Gasteiger partial charge in [-0.1, -0.05) is 26.0 Å². The van der Waals surface area contributed by atoms with Crippen molar-refractivity contribution in [1.82, 2.24) is 10.2 Å². The van der Waals surface area contributed by atoms with Crippen LogP contribution in [0.5, 0.6) is 5.75 Å². The molecule has 2 rings (SSSR count). The van der Waals surface area contributed by atoms with Crippen molar-refractivity contribution in [2.75, 3.05) is 26.2 Å². The maximum absolute atomic E-state index is 12.6. The average Bonchev–Trinajstić information content (AvgIpc) is 2.65. The molecule has 0 aliphatic carbocycles. The predicted octanol–water partition coefficient (Wildman–Crippen LogP) is 2.46. The molecule has 1 aromatic carbocycles. The quantitative estimate of drug-likeness (QED) is 0.705. The van der Waals surface area contributed by atoms with E-state index < -0.39 is 0 Å². The standard InChI is InChI=1S/C20H31N3O3.ClH/c1-15(2)16-6-8-18(9-7-16)26-14-20(25)23-12-4-3-5-17(23)13-22-19(24)10-11-21;/h6-9,15,17H,3-5,10-14,21H2,1-2H3,(H,22,24);1H. The molecule has 7 heteroatoms. The highest BCUT2D eigenvalue weighted by Gasteiger charge is 2.27. The van der Waals surface area contributed by atoms with Gasteiger partial charge in [0.2, 0.25) is 5.91 Å². The van der Waals surface area contributed by atoms with Crippen molar-refractivity contribution >= 4 is 24.2 Å². The van der Waals surface area contributed by atoms with Gasteiger partial charge in [-0.05, 0) is 42.9 Å². The Bertz CT molecular complexity index is 593. The molecule has 2 amide bonds. The number of halogens is 1. The monoisotopic (exact) mass is 397 g/mol. The summed E-state index contributed by atoms with van der Waals surface area (Å²) >= 11 is 0. The number of benzene rings is 1. The van der Waals surface area contributed by atoms with E-state index >= 15 is 0 Å². The maximum atomic E-state index is 12.6. The van der Waals surface area contributed by atoms with Crippen LogP contribution in [-0.4, -0.2) is 49.0 Å². The molecule has 6 nitrogen and oxygen atoms in total. The van der Waals surface area contributed by atoms with Crippen molar-refractivity contribution in [2.24, 2.45) is 5.73 Å². The Labute approximate surface area is 168 Å². The van der Waals surface area contributed by atoms with Crippen molar-refractivity contribution in [3.8, 4) is 5.75 Å². The van der Waals surface area contributed by atoms with Gasteiger partial charge in [-0.3, -0.25) is 9.59 Å². The van der Waals surface area contributed by atoms with E-state index in [9.17, 15) is 9.59 Å². The zero-order valence-electron chi connectivity index (χ0n) is 16.3. The van der Waals surface area contributed by atoms with Gasteiger partial charge < -0.3 is 20.7 Å². The van der Waals surface area contributed by atoms with E-state index in [2.05, 4.69) is 19.2 Å². The predicted molar refractivity (Wildman–Crippen MR) is 109 cm³/mol. The zero-order chi connectivity index (χ0) is 18.9. The summed E-state index contributed by atoms with van der Waals surface area (Å²) in [7, 11) is 0. The number of hydrogen-bond acceptors (Lipinski definition) is 4. The van der Waals surface area contributed by atoms with E-state index in [-0.39, 0.29) is 36.9 Å². The lowest BCUT2D eigenvalue weighted by molar-refractivity contribution is -0.137. The van der Waals surface area contributed by atoms with Gasteiger partial charge in [0, 0.05) is 32.1 Å². The van der Waals surface area contributed by atoms with Crippen molar-refractivity contribution in [3.05, 3.63) is 29.8 Å². The zero-order valence-corrected chi connectivity index (χ0v) is 17.1. The number of nitrogens with one attached hydrogen (secondary N) is 1. The molecular weight excluding hydrogens is 366 g/mol. The minimum Gasteiger partial charge on any atom is -0.484 e. The van der Waals surface area contributed by atoms with Gasteiger partial charge in [0.25, 0.3) is 5.91 Å². The van der Waals surface area contributed by atoms with Crippen molar-refractivity contribution < 1.29 is 14.3 Å². The van der Waals surface area contributed by atoms with Crippen LogP contribution in [0.1, 0.15) is 51.0 Å². The lowest BCUT2D eigenvalue weighted by atomic mass is 10.0. The minimum atomic E-state index is -0.0630. The Balaban J connectivity index is 0.00000364. The number of nitrogens with two attached hydrogens (primary N) is 1. The molecule has 0 spiro atoms. The highest BCUT2D eigenvalue weighted by molar-refractivity contribution is 5.85. The third kappa shape index (κ3) is 7.39. The summed E-state index contributed by atoms with van der Waals surface area (Å²) in [6.07, 6.45) is 3.27. The van der Waals surface area contributed by atoms with Crippen LogP contribution in [0, 0.1) is 0 Å². The molecule has 1 heterocycles. The van der Waals surface area contributed by atoms with E-state index in [1.807, 2.05) is 29.2 Å². The van der Waals surface area contributed by atoms with Gasteiger partial charge in [0.1, 0.15) is 5.75 Å². The van der Waals surface area contributed by atoms with Crippen molar-refractivity contribution in [1.29, 1.82) is 0 Å². The first-order valence-corrected chi connectivity index (χ1v) is 9.50. The molecule has 1 aromatic rings. The van der Waals surface area contributed by atoms with Gasteiger partial charge in [0.05, 0.1) is 0 Å². The fraction of sp³-hybridized carbons (Fsp3) is 0.600. The van der Waals surface area contributed by atoms with Crippen LogP contribution >= 0.6 is 12.4 Å². The molecule has 1 aliphatic heterocycles. The van der Waals surface area contributed by atoms with E-state index in [4.69, 9.17) is 10.5 Å². The second-order valence-electron chi connectivity index (χ2n) is 7.09. The molecule has 0 aromatic heterocycles. The number of ether oxygens (including phenoxy) is 1. The Morgan fingerprint density at radius 2 is 1.96 bits per heavy atom. The first-order chi connectivity index (χ1) is 12.5. The van der Waals surface area contributed by atoms with Gasteiger partial charge in [-0.2, -0.15) is 0 Å². The summed E-state index contributed by atoms with van der Waals surface area (Å²) in [6, 6.07) is 7.90. The van der Waals surface area contributed by atoms with Crippen LogP contribution < -0.4 is 15.8 Å². The number of hydrogen-bond donors (Lipinski definition) is 2. The molecule has 27 heavy (non-hydrogen) atoms. The third-order valence-electron chi connectivity index (χ3n) is 4.76. The molecule has 1 aliphatic rings. The second kappa shape index (κ2) is 11.8. The summed E-state index contributed by atoms with van der Waals surface area (Å²) in [5, 5.41) is 2.88. The lowest BCUT2D eigenvalue weighted by Crippen LogP contribution is -2.50. The highest BCUT2D eigenvalue weighted by atomic mass is 35.5. The van der Waals surface area contributed by atoms with Gasteiger partial charge in [0.15, 0.2) is 6.61 Å². The van der Waals surface area contributed by atoms with E-state index in [0.29, 0.717) is 37.7 Å². The fourth-order valence-corrected chi connectivity index (χ4v) is 3.17. The Morgan fingerprint density at radius 1 is 1.26 bits per heavy atom. The third-order valence-corrected chi connectivity index (χ3v) is 4.76. The number of nitrogens with zero attached hydrogens (tertiary/aromatic N) is 1. The first-order valence-electron chi connectivity index (χ1n) is 9.50. The van der Waals surface area contributed by atoms with Gasteiger partial charge in [-0.25, -0.2) is 0 Å². The summed E-state index contributed by atoms with van der Waals surface area (Å²) in [5.74, 6) is 1.07. The number of carbonyl (C=O) groups is 2. The van der Waals surface area contributed by atoms with E-state index in [1.165, 1.54) is 5.56 Å². The molecule has 1 saturated heterocycles. The van der Waals surface area contributed by atoms with Crippen LogP contribution in [0.25, 0.3) is 0 Å². The van der Waals surface area contributed by atoms with Crippen LogP contribution in [0.2, 0.25) is 0 Å². The minimum absolute atomic E-state index is 0. The first kappa shape index (κ1) is 23.2. The molecule has 1 fully saturated rings. The van der Waals surface area contributed by atoms with Crippen molar-refractivity contribution in [2.45, 2.75) is 51.5 Å². The Hall–Kier alpha value is -1.79. The van der Waals surface area contributed by atoms with Crippen LogP contribution in [-0.2, 0) is 9.59 Å². The molecule has 1 atom stereocenters. The van der Waals surface area contributed by atoms with Gasteiger partial charge in [-0.15, -0.1) is 12.4 Å². The molecular formula is C20H32ClN3O3. The Kier molecular flexibility index (Phi) is 10.2. The lowest BCUT2D eigenvalue weighted by Gasteiger charge is -2.35. The smallest absolute Gasteiger partial charge is 0.260 e. The number of carbonyl (C=O) groups excluding carboxylic acids is 2. The number of piperidine rings is 1. The topological polar surface area (TPSA) is 84.7 Å². The molecule has 152 valence electrons. The van der Waals surface area contributed by atoms with Crippen LogP contribution in [0.3, 0.4) is 0 Å². The van der Waals surface area contributed by atoms with E-state index in [1.54, 1.807) is 0 Å². The van der Waals surface area contributed by atoms with Crippen molar-refractivity contribution in [3.63, 3.8) is 0 Å². The van der Waals surface area contributed by atoms with E-state index in [0.717, 1.165) is 19.3 Å². The summed E-state index contributed by atoms with van der Waals surface area (Å²) < 4.78 is 5.67. The maximum Gasteiger partial charge on any atom is 0.260 e. The largest absolute Gasteiger partial charge is 0.484 e. The van der Waals surface area contributed by atoms with Gasteiger partial charge >= 0.3 is 0 Å². The second-order valence-corrected chi connectivity index (χ2v) is 7.09. The molecule has 0 radical (unpaired) electrons. The SMILES string of the molecule is CC(C)c1ccc(OCC(=O)N2CCCCC2CNC(=O)CCN)cc1.Cl.